The highest BCUT2D eigenvalue weighted by molar-refractivity contribution is 5.43. The maximum Gasteiger partial charge on any atom is 0.161 e. The molecule has 1 aromatic heterocycles. The summed E-state index contributed by atoms with van der Waals surface area (Å²) in [5.74, 6) is 1.52. The van der Waals surface area contributed by atoms with Crippen molar-refractivity contribution in [2.75, 3.05) is 13.7 Å². The molecular weight excluding hydrogens is 264 g/mol. The molecule has 21 heavy (non-hydrogen) atoms. The van der Waals surface area contributed by atoms with E-state index in [0.29, 0.717) is 6.61 Å². The molecule has 2 rings (SSSR count). The smallest absolute Gasteiger partial charge is 0.161 e. The van der Waals surface area contributed by atoms with Crippen molar-refractivity contribution >= 4 is 0 Å². The van der Waals surface area contributed by atoms with Crippen molar-refractivity contribution in [1.29, 1.82) is 0 Å². The topological polar surface area (TPSA) is 43.4 Å². The first-order valence-corrected chi connectivity index (χ1v) is 7.22. The standard InChI is InChI=1S/C17H22N2O2/c1-3-8-19-12-15-4-5-16(20-2)17(11-15)21-13-14-6-9-18-10-7-14/h4-7,9-11,19H,3,8,12-13H2,1-2H3. The van der Waals surface area contributed by atoms with E-state index < -0.39 is 0 Å². The summed E-state index contributed by atoms with van der Waals surface area (Å²) >= 11 is 0. The fourth-order valence-corrected chi connectivity index (χ4v) is 1.99. The first kappa shape index (κ1) is 15.3. The Hall–Kier alpha value is -2.07. The maximum atomic E-state index is 5.88. The van der Waals surface area contributed by atoms with Gasteiger partial charge >= 0.3 is 0 Å². The third kappa shape index (κ3) is 4.76. The molecule has 0 radical (unpaired) electrons. The van der Waals surface area contributed by atoms with Crippen LogP contribution in [0.15, 0.2) is 42.7 Å². The average Bonchev–Trinajstić information content (AvgIpc) is 2.54. The fraction of sp³-hybridized carbons (Fsp3) is 0.353. The molecule has 0 unspecified atom stereocenters. The lowest BCUT2D eigenvalue weighted by Gasteiger charge is -2.13. The van der Waals surface area contributed by atoms with Crippen molar-refractivity contribution in [3.05, 3.63) is 53.9 Å². The molecule has 2 aromatic rings. The van der Waals surface area contributed by atoms with E-state index in [4.69, 9.17) is 9.47 Å². The molecule has 4 heteroatoms. The summed E-state index contributed by atoms with van der Waals surface area (Å²) in [5.41, 5.74) is 2.27. The Morgan fingerprint density at radius 3 is 2.57 bits per heavy atom. The van der Waals surface area contributed by atoms with Crippen molar-refractivity contribution in [2.24, 2.45) is 0 Å². The molecule has 0 saturated carbocycles. The van der Waals surface area contributed by atoms with Crippen LogP contribution in [0.2, 0.25) is 0 Å². The third-order valence-corrected chi connectivity index (χ3v) is 3.13. The second kappa shape index (κ2) is 8.27. The molecular formula is C17H22N2O2. The van der Waals surface area contributed by atoms with Crippen molar-refractivity contribution in [2.45, 2.75) is 26.5 Å². The van der Waals surface area contributed by atoms with Gasteiger partial charge in [0.05, 0.1) is 7.11 Å². The Balaban J connectivity index is 2.03. The van der Waals surface area contributed by atoms with Gasteiger partial charge in [0, 0.05) is 18.9 Å². The number of methoxy groups -OCH3 is 1. The zero-order valence-electron chi connectivity index (χ0n) is 12.6. The number of nitrogens with one attached hydrogen (secondary N) is 1. The quantitative estimate of drug-likeness (QED) is 0.757. The number of aromatic nitrogens is 1. The van der Waals surface area contributed by atoms with Crippen LogP contribution in [0.1, 0.15) is 24.5 Å². The molecule has 0 saturated heterocycles. The number of hydrogen-bond acceptors (Lipinski definition) is 4. The first-order valence-electron chi connectivity index (χ1n) is 7.22. The highest BCUT2D eigenvalue weighted by atomic mass is 16.5. The maximum absolute atomic E-state index is 5.88. The lowest BCUT2D eigenvalue weighted by molar-refractivity contribution is 0.284. The van der Waals surface area contributed by atoms with E-state index >= 15 is 0 Å². The van der Waals surface area contributed by atoms with Crippen molar-refractivity contribution in [1.82, 2.24) is 10.3 Å². The van der Waals surface area contributed by atoms with Crippen LogP contribution in [0.25, 0.3) is 0 Å². The lowest BCUT2D eigenvalue weighted by Crippen LogP contribution is -2.13. The number of nitrogens with zero attached hydrogens (tertiary/aromatic N) is 1. The van der Waals surface area contributed by atoms with E-state index in [9.17, 15) is 0 Å². The lowest BCUT2D eigenvalue weighted by atomic mass is 10.2. The Bertz CT molecular complexity index is 544. The summed E-state index contributed by atoms with van der Waals surface area (Å²) in [6.07, 6.45) is 4.66. The number of ether oxygens (including phenoxy) is 2. The van der Waals surface area contributed by atoms with Crippen LogP contribution in [-0.2, 0) is 13.2 Å². The molecule has 1 aromatic carbocycles. The summed E-state index contributed by atoms with van der Waals surface area (Å²) in [6, 6.07) is 9.92. The molecule has 0 amide bonds. The van der Waals surface area contributed by atoms with Gasteiger partial charge in [0.15, 0.2) is 11.5 Å². The van der Waals surface area contributed by atoms with Crippen LogP contribution >= 0.6 is 0 Å². The molecule has 1 N–H and O–H groups in total. The number of rotatable bonds is 8. The number of hydrogen-bond donors (Lipinski definition) is 1. The molecule has 1 heterocycles. The Morgan fingerprint density at radius 1 is 1.05 bits per heavy atom. The number of pyridine rings is 1. The van der Waals surface area contributed by atoms with Crippen molar-refractivity contribution in [3.63, 3.8) is 0 Å². The highest BCUT2D eigenvalue weighted by Crippen LogP contribution is 2.28. The van der Waals surface area contributed by atoms with Gasteiger partial charge in [-0.2, -0.15) is 0 Å². The van der Waals surface area contributed by atoms with E-state index in [2.05, 4.69) is 23.3 Å². The normalized spacial score (nSPS) is 10.4. The number of benzene rings is 1. The van der Waals surface area contributed by atoms with Crippen molar-refractivity contribution in [3.8, 4) is 11.5 Å². The fourth-order valence-electron chi connectivity index (χ4n) is 1.99. The van der Waals surface area contributed by atoms with E-state index in [1.165, 1.54) is 5.56 Å². The Labute approximate surface area is 126 Å². The van der Waals surface area contributed by atoms with E-state index in [0.717, 1.165) is 36.6 Å². The van der Waals surface area contributed by atoms with Crippen molar-refractivity contribution < 1.29 is 9.47 Å². The second-order valence-electron chi connectivity index (χ2n) is 4.81. The summed E-state index contributed by atoms with van der Waals surface area (Å²) < 4.78 is 11.2. The van der Waals surface area contributed by atoms with Crippen LogP contribution in [-0.4, -0.2) is 18.6 Å². The third-order valence-electron chi connectivity index (χ3n) is 3.13. The highest BCUT2D eigenvalue weighted by Gasteiger charge is 2.06. The molecule has 0 spiro atoms. The predicted octanol–water partition coefficient (Wildman–Crippen LogP) is 3.17. The summed E-state index contributed by atoms with van der Waals surface area (Å²) in [7, 11) is 1.66. The van der Waals surface area contributed by atoms with Gasteiger partial charge < -0.3 is 14.8 Å². The molecule has 112 valence electrons. The van der Waals surface area contributed by atoms with Crippen LogP contribution in [0.3, 0.4) is 0 Å². The zero-order chi connectivity index (χ0) is 14.9. The van der Waals surface area contributed by atoms with E-state index in [1.807, 2.05) is 24.3 Å². The molecule has 4 nitrogen and oxygen atoms in total. The van der Waals surface area contributed by atoms with Gasteiger partial charge in [0.1, 0.15) is 6.61 Å². The Morgan fingerprint density at radius 2 is 1.86 bits per heavy atom. The predicted molar refractivity (Wildman–Crippen MR) is 83.6 cm³/mol. The van der Waals surface area contributed by atoms with Gasteiger partial charge in [-0.15, -0.1) is 0 Å². The van der Waals surface area contributed by atoms with Gasteiger partial charge in [-0.3, -0.25) is 4.98 Å². The minimum atomic E-state index is 0.505. The van der Waals surface area contributed by atoms with Gasteiger partial charge in [-0.05, 0) is 48.4 Å². The molecule has 0 aliphatic heterocycles. The Kier molecular flexibility index (Phi) is 6.03. The van der Waals surface area contributed by atoms with Crippen LogP contribution in [0.5, 0.6) is 11.5 Å². The monoisotopic (exact) mass is 286 g/mol. The van der Waals surface area contributed by atoms with Crippen LogP contribution in [0, 0.1) is 0 Å². The van der Waals surface area contributed by atoms with Gasteiger partial charge in [-0.25, -0.2) is 0 Å². The summed E-state index contributed by atoms with van der Waals surface area (Å²) in [6.45, 7) is 4.51. The van der Waals surface area contributed by atoms with E-state index in [1.54, 1.807) is 19.5 Å². The largest absolute Gasteiger partial charge is 0.493 e. The minimum Gasteiger partial charge on any atom is -0.493 e. The van der Waals surface area contributed by atoms with E-state index in [-0.39, 0.29) is 0 Å². The molecule has 0 aliphatic rings. The second-order valence-corrected chi connectivity index (χ2v) is 4.81. The summed E-state index contributed by atoms with van der Waals surface area (Å²) in [5, 5.41) is 3.39. The van der Waals surface area contributed by atoms with Gasteiger partial charge in [0.25, 0.3) is 0 Å². The first-order chi connectivity index (χ1) is 10.3. The molecule has 0 bridgehead atoms. The average molecular weight is 286 g/mol. The van der Waals surface area contributed by atoms with Crippen LogP contribution in [0.4, 0.5) is 0 Å². The minimum absolute atomic E-state index is 0.505. The van der Waals surface area contributed by atoms with Crippen LogP contribution < -0.4 is 14.8 Å². The SMILES string of the molecule is CCCNCc1ccc(OC)c(OCc2ccncc2)c1. The molecule has 0 fully saturated rings. The molecule has 0 atom stereocenters. The zero-order valence-corrected chi connectivity index (χ0v) is 12.6. The van der Waals surface area contributed by atoms with Gasteiger partial charge in [-0.1, -0.05) is 13.0 Å². The summed E-state index contributed by atoms with van der Waals surface area (Å²) in [4.78, 5) is 4.00. The molecule has 0 aliphatic carbocycles. The van der Waals surface area contributed by atoms with Gasteiger partial charge in [0.2, 0.25) is 0 Å².